The number of aryl methyl sites for hydroxylation is 1. The molecule has 0 saturated carbocycles. The van der Waals surface area contributed by atoms with Crippen molar-refractivity contribution in [3.63, 3.8) is 0 Å². The minimum atomic E-state index is -1.30. The number of hydrogen-bond acceptors (Lipinski definition) is 8. The first-order chi connectivity index (χ1) is 13.9. The number of carbonyl (C=O) groups is 1. The molecule has 3 rings (SSSR count). The Morgan fingerprint density at radius 1 is 1.34 bits per heavy atom. The minimum absolute atomic E-state index is 0.0669. The van der Waals surface area contributed by atoms with Gasteiger partial charge in [-0.05, 0) is 31.7 Å². The first kappa shape index (κ1) is 20.9. The molecule has 0 bridgehead atoms. The van der Waals surface area contributed by atoms with E-state index in [9.17, 15) is 14.1 Å². The molecule has 0 aliphatic carbocycles. The van der Waals surface area contributed by atoms with Crippen molar-refractivity contribution in [1.29, 1.82) is 0 Å². The summed E-state index contributed by atoms with van der Waals surface area (Å²) < 4.78 is 13.6. The molecule has 0 aromatic carbocycles. The second-order valence-corrected chi connectivity index (χ2v) is 7.11. The number of aromatic nitrogens is 2. The van der Waals surface area contributed by atoms with Crippen LogP contribution in [0.2, 0.25) is 0 Å². The second-order valence-electron chi connectivity index (χ2n) is 7.11. The standard InChI is InChI=1S/C19H24FN7O2/c1-11-3-5-22-8-14(11)13-4-6-23-9-15(13)25-19(28)16(17(21)26-29)18-24-7-12(20)10-27(18)2/h3-6,8-9,12,16-18,24H,7,10,21H2,1-2H3,(H,25,28). The molecule has 4 atom stereocenters. The van der Waals surface area contributed by atoms with Gasteiger partial charge in [0.25, 0.3) is 0 Å². The minimum Gasteiger partial charge on any atom is -0.324 e. The summed E-state index contributed by atoms with van der Waals surface area (Å²) in [6.45, 7) is 2.13. The molecule has 2 aromatic rings. The Hall–Kier alpha value is -2.82. The zero-order valence-corrected chi connectivity index (χ0v) is 16.2. The number of pyridine rings is 2. The predicted molar refractivity (Wildman–Crippen MR) is 107 cm³/mol. The van der Waals surface area contributed by atoms with Crippen LogP contribution in [0.15, 0.2) is 42.1 Å². The van der Waals surface area contributed by atoms with E-state index >= 15 is 0 Å². The van der Waals surface area contributed by atoms with Crippen molar-refractivity contribution < 1.29 is 9.18 Å². The van der Waals surface area contributed by atoms with E-state index in [4.69, 9.17) is 5.73 Å². The number of alkyl halides is 1. The molecule has 1 fully saturated rings. The number of halogens is 1. The smallest absolute Gasteiger partial charge is 0.234 e. The number of nitrogens with zero attached hydrogens (tertiary/aromatic N) is 4. The highest BCUT2D eigenvalue weighted by Crippen LogP contribution is 2.30. The van der Waals surface area contributed by atoms with Gasteiger partial charge in [0.05, 0.1) is 18.1 Å². The molecule has 9 nitrogen and oxygen atoms in total. The van der Waals surface area contributed by atoms with Gasteiger partial charge < -0.3 is 11.1 Å². The predicted octanol–water partition coefficient (Wildman–Crippen LogP) is 1.26. The number of carbonyl (C=O) groups excluding carboxylic acids is 1. The topological polar surface area (TPSA) is 126 Å². The number of nitrogens with one attached hydrogen (secondary N) is 2. The van der Waals surface area contributed by atoms with E-state index in [1.54, 1.807) is 36.6 Å². The SMILES string of the molecule is Cc1ccncc1-c1ccncc1NC(=O)C(C(N)N=O)C1NCC(F)CN1C. The molecule has 1 aliphatic heterocycles. The number of amides is 1. The molecule has 154 valence electrons. The Bertz CT molecular complexity index is 881. The molecule has 1 aliphatic rings. The monoisotopic (exact) mass is 401 g/mol. The molecule has 10 heteroatoms. The van der Waals surface area contributed by atoms with Crippen LogP contribution in [0, 0.1) is 17.7 Å². The third kappa shape index (κ3) is 4.61. The molecule has 3 heterocycles. The fourth-order valence-corrected chi connectivity index (χ4v) is 3.54. The van der Waals surface area contributed by atoms with Crippen LogP contribution < -0.4 is 16.4 Å². The van der Waals surface area contributed by atoms with Crippen molar-refractivity contribution >= 4 is 11.6 Å². The Morgan fingerprint density at radius 3 is 2.76 bits per heavy atom. The lowest BCUT2D eigenvalue weighted by Crippen LogP contribution is -2.62. The summed E-state index contributed by atoms with van der Waals surface area (Å²) in [6.07, 6.45) is 3.53. The first-order valence-corrected chi connectivity index (χ1v) is 9.24. The molecule has 1 saturated heterocycles. The Labute approximate surface area is 167 Å². The number of anilines is 1. The highest BCUT2D eigenvalue weighted by molar-refractivity contribution is 5.97. The van der Waals surface area contributed by atoms with Gasteiger partial charge in [0.15, 0.2) is 6.17 Å². The summed E-state index contributed by atoms with van der Waals surface area (Å²) in [5.41, 5.74) is 8.86. The number of hydrogen-bond donors (Lipinski definition) is 3. The van der Waals surface area contributed by atoms with Crippen molar-refractivity contribution in [2.75, 3.05) is 25.5 Å². The normalized spacial score (nSPS) is 21.9. The van der Waals surface area contributed by atoms with Crippen LogP contribution in [0.25, 0.3) is 11.1 Å². The summed E-state index contributed by atoms with van der Waals surface area (Å²) in [5, 5.41) is 8.61. The van der Waals surface area contributed by atoms with E-state index in [0.717, 1.165) is 16.7 Å². The molecular weight excluding hydrogens is 377 g/mol. The fourth-order valence-electron chi connectivity index (χ4n) is 3.54. The summed E-state index contributed by atoms with van der Waals surface area (Å²) in [4.78, 5) is 34.1. The summed E-state index contributed by atoms with van der Waals surface area (Å²) in [5.74, 6) is -1.53. The lowest BCUT2D eigenvalue weighted by atomic mass is 9.97. The molecule has 0 spiro atoms. The lowest BCUT2D eigenvalue weighted by Gasteiger charge is -2.39. The quantitative estimate of drug-likeness (QED) is 0.622. The summed E-state index contributed by atoms with van der Waals surface area (Å²) in [7, 11) is 1.66. The summed E-state index contributed by atoms with van der Waals surface area (Å²) in [6, 6.07) is 3.63. The molecule has 29 heavy (non-hydrogen) atoms. The third-order valence-corrected chi connectivity index (χ3v) is 5.05. The van der Waals surface area contributed by atoms with Crippen LogP contribution in [0.1, 0.15) is 5.56 Å². The van der Waals surface area contributed by atoms with Crippen molar-refractivity contribution in [2.24, 2.45) is 16.8 Å². The van der Waals surface area contributed by atoms with E-state index in [1.807, 2.05) is 13.0 Å². The van der Waals surface area contributed by atoms with E-state index < -0.39 is 30.3 Å². The average Bonchev–Trinajstić information content (AvgIpc) is 2.70. The van der Waals surface area contributed by atoms with Gasteiger partial charge in [0, 0.05) is 42.8 Å². The van der Waals surface area contributed by atoms with Crippen LogP contribution in [0.5, 0.6) is 0 Å². The fraction of sp³-hybridized carbons (Fsp3) is 0.421. The van der Waals surface area contributed by atoms with Crippen LogP contribution >= 0.6 is 0 Å². The van der Waals surface area contributed by atoms with Crippen LogP contribution in [0.4, 0.5) is 10.1 Å². The van der Waals surface area contributed by atoms with E-state index in [2.05, 4.69) is 25.8 Å². The Morgan fingerprint density at radius 2 is 2.07 bits per heavy atom. The Kier molecular flexibility index (Phi) is 6.57. The van der Waals surface area contributed by atoms with E-state index in [1.165, 1.54) is 6.20 Å². The van der Waals surface area contributed by atoms with Gasteiger partial charge in [0.1, 0.15) is 12.1 Å². The maximum atomic E-state index is 13.6. The highest BCUT2D eigenvalue weighted by Gasteiger charge is 2.40. The number of nitrogens with two attached hydrogens (primary N) is 1. The zero-order valence-electron chi connectivity index (χ0n) is 16.2. The maximum absolute atomic E-state index is 13.6. The zero-order chi connectivity index (χ0) is 21.0. The molecule has 1 amide bonds. The lowest BCUT2D eigenvalue weighted by molar-refractivity contribution is -0.124. The number of rotatable bonds is 6. The van der Waals surface area contributed by atoms with Crippen LogP contribution in [0.3, 0.4) is 0 Å². The number of nitroso groups, excluding NO2 is 1. The van der Waals surface area contributed by atoms with E-state index in [0.29, 0.717) is 5.69 Å². The van der Waals surface area contributed by atoms with Gasteiger partial charge >= 0.3 is 0 Å². The van der Waals surface area contributed by atoms with E-state index in [-0.39, 0.29) is 13.1 Å². The molecule has 4 unspecified atom stereocenters. The average molecular weight is 401 g/mol. The van der Waals surface area contributed by atoms with Gasteiger partial charge in [-0.15, -0.1) is 4.91 Å². The van der Waals surface area contributed by atoms with Gasteiger partial charge in [-0.3, -0.25) is 25.0 Å². The highest BCUT2D eigenvalue weighted by atomic mass is 19.1. The second kappa shape index (κ2) is 9.12. The molecular formula is C19H24FN7O2. The molecule has 0 radical (unpaired) electrons. The molecule has 2 aromatic heterocycles. The van der Waals surface area contributed by atoms with Gasteiger partial charge in [-0.1, -0.05) is 5.18 Å². The summed E-state index contributed by atoms with van der Waals surface area (Å²) >= 11 is 0. The van der Waals surface area contributed by atoms with Gasteiger partial charge in [-0.25, -0.2) is 4.39 Å². The largest absolute Gasteiger partial charge is 0.324 e. The van der Waals surface area contributed by atoms with Crippen molar-refractivity contribution in [1.82, 2.24) is 20.2 Å². The van der Waals surface area contributed by atoms with Gasteiger partial charge in [0.2, 0.25) is 5.91 Å². The van der Waals surface area contributed by atoms with Crippen molar-refractivity contribution in [3.8, 4) is 11.1 Å². The van der Waals surface area contributed by atoms with Crippen LogP contribution in [-0.2, 0) is 4.79 Å². The van der Waals surface area contributed by atoms with Crippen molar-refractivity contribution in [2.45, 2.75) is 25.4 Å². The van der Waals surface area contributed by atoms with Gasteiger partial charge in [-0.2, -0.15) is 0 Å². The Balaban J connectivity index is 1.89. The third-order valence-electron chi connectivity index (χ3n) is 5.05. The molecule has 4 N–H and O–H groups in total. The van der Waals surface area contributed by atoms with Crippen LogP contribution in [-0.4, -0.2) is 59.4 Å². The first-order valence-electron chi connectivity index (χ1n) is 9.24. The van der Waals surface area contributed by atoms with Crippen molar-refractivity contribution in [3.05, 3.63) is 47.4 Å². The maximum Gasteiger partial charge on any atom is 0.234 e.